The van der Waals surface area contributed by atoms with Crippen molar-refractivity contribution in [2.45, 2.75) is 13.8 Å². The van der Waals surface area contributed by atoms with E-state index in [0.29, 0.717) is 22.8 Å². The maximum atomic E-state index is 5.92. The first-order valence-corrected chi connectivity index (χ1v) is 7.09. The summed E-state index contributed by atoms with van der Waals surface area (Å²) in [6, 6.07) is 0. The molecule has 0 aliphatic rings. The fourth-order valence-corrected chi connectivity index (χ4v) is 2.50. The van der Waals surface area contributed by atoms with Gasteiger partial charge in [-0.25, -0.2) is 19.9 Å². The third kappa shape index (κ3) is 2.43. The number of fused-ring (bicyclic) bond motifs is 1. The molecule has 7 heteroatoms. The van der Waals surface area contributed by atoms with E-state index < -0.39 is 0 Å². The Morgan fingerprint density at radius 1 is 1.29 bits per heavy atom. The Morgan fingerprint density at radius 2 is 2.10 bits per heavy atom. The molecule has 3 heterocycles. The predicted molar refractivity (Wildman–Crippen MR) is 83.4 cm³/mol. The quantitative estimate of drug-likeness (QED) is 0.799. The lowest BCUT2D eigenvalue weighted by Gasteiger charge is -2.12. The Kier molecular flexibility index (Phi) is 3.26. The molecule has 0 atom stereocenters. The van der Waals surface area contributed by atoms with E-state index in [0.717, 1.165) is 16.0 Å². The van der Waals surface area contributed by atoms with E-state index in [-0.39, 0.29) is 5.82 Å². The van der Waals surface area contributed by atoms with Gasteiger partial charge in [0, 0.05) is 11.8 Å². The van der Waals surface area contributed by atoms with Crippen LogP contribution in [0.4, 0.5) is 5.82 Å². The highest BCUT2D eigenvalue weighted by atomic mass is 32.1. The van der Waals surface area contributed by atoms with Gasteiger partial charge in [-0.1, -0.05) is 6.58 Å². The minimum atomic E-state index is 0.287. The number of allylic oxidation sites excluding steroid dienone is 1. The number of ether oxygens (including phenoxy) is 1. The van der Waals surface area contributed by atoms with Crippen LogP contribution in [0.3, 0.4) is 0 Å². The fourth-order valence-electron chi connectivity index (χ4n) is 1.87. The van der Waals surface area contributed by atoms with Gasteiger partial charge >= 0.3 is 0 Å². The zero-order valence-corrected chi connectivity index (χ0v) is 12.4. The van der Waals surface area contributed by atoms with Gasteiger partial charge < -0.3 is 10.5 Å². The normalized spacial score (nSPS) is 10.8. The number of aromatic nitrogens is 4. The van der Waals surface area contributed by atoms with E-state index in [4.69, 9.17) is 10.5 Å². The molecule has 0 aliphatic heterocycles. The molecule has 0 bridgehead atoms. The van der Waals surface area contributed by atoms with Gasteiger partial charge in [0.15, 0.2) is 17.3 Å². The highest BCUT2D eigenvalue weighted by molar-refractivity contribution is 7.16. The zero-order chi connectivity index (χ0) is 15.0. The van der Waals surface area contributed by atoms with E-state index in [1.807, 2.05) is 6.92 Å². The summed E-state index contributed by atoms with van der Waals surface area (Å²) < 4.78 is 5.92. The SMILES string of the molecule is C=C(C)c1cnc2scnc2c1Oc1cnc(C)nc1N. The van der Waals surface area contributed by atoms with Crippen molar-refractivity contribution < 1.29 is 4.74 Å². The molecule has 3 rings (SSSR count). The molecule has 21 heavy (non-hydrogen) atoms. The van der Waals surface area contributed by atoms with Gasteiger partial charge in [0.05, 0.1) is 11.7 Å². The molecule has 0 fully saturated rings. The Hall–Kier alpha value is -2.54. The summed E-state index contributed by atoms with van der Waals surface area (Å²) in [4.78, 5) is 17.7. The number of nitrogen functional groups attached to an aromatic ring is 1. The van der Waals surface area contributed by atoms with Crippen LogP contribution in [0.5, 0.6) is 11.5 Å². The number of nitrogens with zero attached hydrogens (tertiary/aromatic N) is 4. The van der Waals surface area contributed by atoms with Gasteiger partial charge in [-0.3, -0.25) is 0 Å². The number of thiazole rings is 1. The van der Waals surface area contributed by atoms with Crippen molar-refractivity contribution in [2.75, 3.05) is 5.73 Å². The molecule has 0 radical (unpaired) electrons. The summed E-state index contributed by atoms with van der Waals surface area (Å²) in [6.07, 6.45) is 3.28. The highest BCUT2D eigenvalue weighted by Gasteiger charge is 2.16. The lowest BCUT2D eigenvalue weighted by Crippen LogP contribution is -2.00. The van der Waals surface area contributed by atoms with E-state index in [1.165, 1.54) is 11.3 Å². The van der Waals surface area contributed by atoms with E-state index in [2.05, 4.69) is 26.5 Å². The number of hydrogen-bond donors (Lipinski definition) is 1. The number of pyridine rings is 1. The van der Waals surface area contributed by atoms with Gasteiger partial charge in [0.25, 0.3) is 0 Å². The Balaban J connectivity index is 2.16. The highest BCUT2D eigenvalue weighted by Crippen LogP contribution is 2.37. The predicted octanol–water partition coefficient (Wildman–Crippen LogP) is 3.20. The van der Waals surface area contributed by atoms with Crippen molar-refractivity contribution in [1.82, 2.24) is 19.9 Å². The second kappa shape index (κ2) is 5.10. The average molecular weight is 299 g/mol. The van der Waals surface area contributed by atoms with Gasteiger partial charge in [-0.15, -0.1) is 11.3 Å². The Labute approximate surface area is 125 Å². The largest absolute Gasteiger partial charge is 0.449 e. The monoisotopic (exact) mass is 299 g/mol. The molecular formula is C14H13N5OS. The topological polar surface area (TPSA) is 86.8 Å². The molecule has 2 N–H and O–H groups in total. The van der Waals surface area contributed by atoms with E-state index >= 15 is 0 Å². The van der Waals surface area contributed by atoms with Crippen LogP contribution >= 0.6 is 11.3 Å². The third-order valence-electron chi connectivity index (χ3n) is 2.89. The maximum absolute atomic E-state index is 5.92. The van der Waals surface area contributed by atoms with Gasteiger partial charge in [-0.2, -0.15) is 0 Å². The number of hydrogen-bond acceptors (Lipinski definition) is 7. The van der Waals surface area contributed by atoms with Crippen LogP contribution < -0.4 is 10.5 Å². The Morgan fingerprint density at radius 3 is 2.81 bits per heavy atom. The molecule has 0 aliphatic carbocycles. The summed E-state index contributed by atoms with van der Waals surface area (Å²) in [5.74, 6) is 1.85. The minimum Gasteiger partial charge on any atom is -0.449 e. The summed E-state index contributed by atoms with van der Waals surface area (Å²) >= 11 is 1.44. The number of rotatable bonds is 3. The molecule has 0 aromatic carbocycles. The third-order valence-corrected chi connectivity index (χ3v) is 3.63. The fraction of sp³-hybridized carbons (Fsp3) is 0.143. The second-order valence-corrected chi connectivity index (χ2v) is 5.39. The lowest BCUT2D eigenvalue weighted by atomic mass is 10.1. The maximum Gasteiger partial charge on any atom is 0.187 e. The zero-order valence-electron chi connectivity index (χ0n) is 11.6. The first-order valence-electron chi connectivity index (χ1n) is 6.21. The van der Waals surface area contributed by atoms with Crippen LogP contribution in [-0.2, 0) is 0 Å². The summed E-state index contributed by atoms with van der Waals surface area (Å²) in [5.41, 5.74) is 9.91. The summed E-state index contributed by atoms with van der Waals surface area (Å²) in [6.45, 7) is 7.60. The first kappa shape index (κ1) is 13.4. The number of nitrogens with two attached hydrogens (primary N) is 1. The van der Waals surface area contributed by atoms with Gasteiger partial charge in [0.2, 0.25) is 0 Å². The number of aryl methyl sites for hydroxylation is 1. The van der Waals surface area contributed by atoms with Crippen LogP contribution in [0.2, 0.25) is 0 Å². The van der Waals surface area contributed by atoms with Crippen molar-refractivity contribution >= 4 is 33.1 Å². The standard InChI is InChI=1S/C14H13N5OS/c1-7(2)9-4-17-14-11(18-6-21-14)12(9)20-10-5-16-8(3)19-13(10)15/h4-6H,1H2,2-3H3,(H2,15,16,19). The summed E-state index contributed by atoms with van der Waals surface area (Å²) in [7, 11) is 0. The number of anilines is 1. The van der Waals surface area contributed by atoms with Crippen LogP contribution in [0.15, 0.2) is 24.5 Å². The summed E-state index contributed by atoms with van der Waals surface area (Å²) in [5, 5.41) is 0. The molecule has 3 aromatic heterocycles. The van der Waals surface area contributed by atoms with Crippen LogP contribution in [-0.4, -0.2) is 19.9 Å². The van der Waals surface area contributed by atoms with Crippen LogP contribution in [0, 0.1) is 6.92 Å². The lowest BCUT2D eigenvalue weighted by molar-refractivity contribution is 0.482. The van der Waals surface area contributed by atoms with E-state index in [9.17, 15) is 0 Å². The van der Waals surface area contributed by atoms with Crippen molar-refractivity contribution in [2.24, 2.45) is 0 Å². The molecule has 3 aromatic rings. The van der Waals surface area contributed by atoms with Crippen molar-refractivity contribution in [1.29, 1.82) is 0 Å². The minimum absolute atomic E-state index is 0.287. The van der Waals surface area contributed by atoms with Crippen molar-refractivity contribution in [3.05, 3.63) is 35.9 Å². The molecule has 0 spiro atoms. The van der Waals surface area contributed by atoms with E-state index in [1.54, 1.807) is 24.8 Å². The smallest absolute Gasteiger partial charge is 0.187 e. The molecule has 106 valence electrons. The van der Waals surface area contributed by atoms with Crippen molar-refractivity contribution in [3.63, 3.8) is 0 Å². The van der Waals surface area contributed by atoms with Gasteiger partial charge in [0.1, 0.15) is 16.2 Å². The molecule has 6 nitrogen and oxygen atoms in total. The molecule has 0 saturated heterocycles. The molecule has 0 amide bonds. The van der Waals surface area contributed by atoms with Crippen LogP contribution in [0.1, 0.15) is 18.3 Å². The second-order valence-electron chi connectivity index (χ2n) is 4.56. The Bertz CT molecular complexity index is 842. The van der Waals surface area contributed by atoms with Crippen molar-refractivity contribution in [3.8, 4) is 11.5 Å². The van der Waals surface area contributed by atoms with Gasteiger partial charge in [-0.05, 0) is 19.4 Å². The average Bonchev–Trinajstić information content (AvgIpc) is 2.90. The molecular weight excluding hydrogens is 286 g/mol. The first-order chi connectivity index (χ1) is 10.1. The molecule has 0 saturated carbocycles. The molecule has 0 unspecified atom stereocenters. The van der Waals surface area contributed by atoms with Crippen LogP contribution in [0.25, 0.3) is 15.9 Å².